The second-order valence-electron chi connectivity index (χ2n) is 4.98. The first-order valence-corrected chi connectivity index (χ1v) is 7.51. The fourth-order valence-corrected chi connectivity index (χ4v) is 3.73. The first-order chi connectivity index (χ1) is 10.1. The van der Waals surface area contributed by atoms with Gasteiger partial charge >= 0.3 is 5.97 Å². The minimum Gasteiger partial charge on any atom is -0.480 e. The molecule has 1 aliphatic rings. The number of thiophene rings is 1. The van der Waals surface area contributed by atoms with Crippen molar-refractivity contribution >= 4 is 33.3 Å². The number of hydrogen-bond donors (Lipinski definition) is 1. The molecule has 1 aliphatic heterocycles. The van der Waals surface area contributed by atoms with E-state index in [0.29, 0.717) is 18.0 Å². The first-order valence-electron chi connectivity index (χ1n) is 6.69. The molecular weight excluding hydrogens is 290 g/mol. The van der Waals surface area contributed by atoms with E-state index >= 15 is 0 Å². The van der Waals surface area contributed by atoms with Crippen LogP contribution in [0, 0.1) is 6.92 Å². The monoisotopic (exact) mass is 305 g/mol. The smallest absolute Gasteiger partial charge is 0.328 e. The standard InChI is InChI=1S/C15H15NO4S/c1-9-10-4-2-3-5-12(10)21-13(9)14(17)16-6-7-20-8-11(16)15(18)19/h2-5,11H,6-8H2,1H3,(H,18,19). The molecule has 1 fully saturated rings. The van der Waals surface area contributed by atoms with Gasteiger partial charge in [-0.1, -0.05) is 18.2 Å². The highest BCUT2D eigenvalue weighted by molar-refractivity contribution is 7.21. The molecule has 2 aromatic rings. The molecule has 1 atom stereocenters. The van der Waals surface area contributed by atoms with E-state index in [1.54, 1.807) is 0 Å². The second-order valence-corrected chi connectivity index (χ2v) is 6.03. The molecule has 0 radical (unpaired) electrons. The number of rotatable bonds is 2. The number of carbonyl (C=O) groups is 2. The molecule has 110 valence electrons. The third kappa shape index (κ3) is 2.41. The number of benzene rings is 1. The number of carboxylic acid groups (broad SMARTS) is 1. The Balaban J connectivity index is 1.99. The summed E-state index contributed by atoms with van der Waals surface area (Å²) in [5, 5.41) is 10.3. The Morgan fingerprint density at radius 3 is 2.86 bits per heavy atom. The van der Waals surface area contributed by atoms with Crippen molar-refractivity contribution in [3.63, 3.8) is 0 Å². The fourth-order valence-electron chi connectivity index (χ4n) is 2.56. The molecule has 0 aliphatic carbocycles. The quantitative estimate of drug-likeness (QED) is 0.923. The molecule has 3 rings (SSSR count). The van der Waals surface area contributed by atoms with Gasteiger partial charge in [-0.25, -0.2) is 4.79 Å². The van der Waals surface area contributed by atoms with Crippen molar-refractivity contribution < 1.29 is 19.4 Å². The molecule has 0 bridgehead atoms. The molecule has 1 N–H and O–H groups in total. The molecule has 1 unspecified atom stereocenters. The van der Waals surface area contributed by atoms with Gasteiger partial charge in [-0.05, 0) is 23.9 Å². The van der Waals surface area contributed by atoms with Crippen LogP contribution in [-0.2, 0) is 9.53 Å². The molecule has 1 saturated heterocycles. The van der Waals surface area contributed by atoms with Gasteiger partial charge in [-0.2, -0.15) is 0 Å². The highest BCUT2D eigenvalue weighted by Crippen LogP contribution is 2.32. The summed E-state index contributed by atoms with van der Waals surface area (Å²) >= 11 is 1.41. The summed E-state index contributed by atoms with van der Waals surface area (Å²) < 4.78 is 6.22. The molecule has 0 saturated carbocycles. The number of aryl methyl sites for hydroxylation is 1. The molecule has 6 heteroatoms. The summed E-state index contributed by atoms with van der Waals surface area (Å²) in [7, 11) is 0. The Labute approximate surface area is 125 Å². The summed E-state index contributed by atoms with van der Waals surface area (Å²) in [6.45, 7) is 2.64. The predicted molar refractivity (Wildman–Crippen MR) is 79.8 cm³/mol. The van der Waals surface area contributed by atoms with Gasteiger partial charge in [0, 0.05) is 11.2 Å². The number of carboxylic acids is 1. The van der Waals surface area contributed by atoms with E-state index in [1.165, 1.54) is 16.2 Å². The van der Waals surface area contributed by atoms with E-state index in [2.05, 4.69) is 0 Å². The van der Waals surface area contributed by atoms with Crippen LogP contribution in [0.4, 0.5) is 0 Å². The lowest BCUT2D eigenvalue weighted by atomic mass is 10.1. The average Bonchev–Trinajstić information content (AvgIpc) is 2.84. The molecule has 0 spiro atoms. The summed E-state index contributed by atoms with van der Waals surface area (Å²) in [6.07, 6.45) is 0. The van der Waals surface area contributed by atoms with Crippen LogP contribution in [0.2, 0.25) is 0 Å². The number of nitrogens with zero attached hydrogens (tertiary/aromatic N) is 1. The highest BCUT2D eigenvalue weighted by atomic mass is 32.1. The number of ether oxygens (including phenoxy) is 1. The van der Waals surface area contributed by atoms with Gasteiger partial charge in [-0.3, -0.25) is 4.79 Å². The molecule has 1 aromatic heterocycles. The lowest BCUT2D eigenvalue weighted by Crippen LogP contribution is -2.52. The van der Waals surface area contributed by atoms with Crippen LogP contribution in [0.15, 0.2) is 24.3 Å². The van der Waals surface area contributed by atoms with Crippen LogP contribution >= 0.6 is 11.3 Å². The van der Waals surface area contributed by atoms with Crippen molar-refractivity contribution in [2.45, 2.75) is 13.0 Å². The van der Waals surface area contributed by atoms with Gasteiger partial charge in [-0.15, -0.1) is 11.3 Å². The average molecular weight is 305 g/mol. The fraction of sp³-hybridized carbons (Fsp3) is 0.333. The van der Waals surface area contributed by atoms with Gasteiger partial charge in [0.2, 0.25) is 0 Å². The zero-order valence-electron chi connectivity index (χ0n) is 11.5. The zero-order valence-corrected chi connectivity index (χ0v) is 12.4. The number of carbonyl (C=O) groups excluding carboxylic acids is 1. The lowest BCUT2D eigenvalue weighted by molar-refractivity contribution is -0.147. The number of morpholine rings is 1. The molecular formula is C15H15NO4S. The third-order valence-corrected chi connectivity index (χ3v) is 4.97. The lowest BCUT2D eigenvalue weighted by Gasteiger charge is -2.32. The van der Waals surface area contributed by atoms with Gasteiger partial charge < -0.3 is 14.7 Å². The maximum absolute atomic E-state index is 12.7. The molecule has 1 amide bonds. The van der Waals surface area contributed by atoms with Crippen LogP contribution in [0.3, 0.4) is 0 Å². The van der Waals surface area contributed by atoms with Gasteiger partial charge in [0.1, 0.15) is 0 Å². The third-order valence-electron chi connectivity index (χ3n) is 3.71. The number of hydrogen-bond acceptors (Lipinski definition) is 4. The minimum atomic E-state index is -1.03. The van der Waals surface area contributed by atoms with E-state index < -0.39 is 12.0 Å². The van der Waals surface area contributed by atoms with E-state index in [0.717, 1.165) is 15.6 Å². The zero-order chi connectivity index (χ0) is 15.0. The Morgan fingerprint density at radius 2 is 2.14 bits per heavy atom. The van der Waals surface area contributed by atoms with Crippen LogP contribution < -0.4 is 0 Å². The number of amides is 1. The normalized spacial score (nSPS) is 18.9. The van der Waals surface area contributed by atoms with Gasteiger partial charge in [0.05, 0.1) is 18.1 Å². The summed E-state index contributed by atoms with van der Waals surface area (Å²) in [5.41, 5.74) is 0.913. The minimum absolute atomic E-state index is 0.0466. The highest BCUT2D eigenvalue weighted by Gasteiger charge is 2.34. The predicted octanol–water partition coefficient (Wildman–Crippen LogP) is 2.14. The Kier molecular flexibility index (Phi) is 3.65. The SMILES string of the molecule is Cc1c(C(=O)N2CCOCC2C(=O)O)sc2ccccc12. The molecule has 1 aromatic carbocycles. The summed E-state index contributed by atoms with van der Waals surface area (Å²) in [6, 6.07) is 6.91. The van der Waals surface area contributed by atoms with Crippen molar-refractivity contribution in [3.05, 3.63) is 34.7 Å². The summed E-state index contributed by atoms with van der Waals surface area (Å²) in [4.78, 5) is 26.0. The van der Waals surface area contributed by atoms with Crippen LogP contribution in [0.25, 0.3) is 10.1 Å². The van der Waals surface area contributed by atoms with Gasteiger partial charge in [0.15, 0.2) is 6.04 Å². The Hall–Kier alpha value is -1.92. The van der Waals surface area contributed by atoms with Crippen LogP contribution in [0.1, 0.15) is 15.2 Å². The van der Waals surface area contributed by atoms with E-state index in [9.17, 15) is 14.7 Å². The largest absolute Gasteiger partial charge is 0.480 e. The van der Waals surface area contributed by atoms with Crippen molar-refractivity contribution in [3.8, 4) is 0 Å². The number of aliphatic carboxylic acids is 1. The van der Waals surface area contributed by atoms with Crippen molar-refractivity contribution in [2.75, 3.05) is 19.8 Å². The van der Waals surface area contributed by atoms with Crippen molar-refractivity contribution in [1.82, 2.24) is 4.90 Å². The van der Waals surface area contributed by atoms with E-state index in [1.807, 2.05) is 31.2 Å². The van der Waals surface area contributed by atoms with Crippen molar-refractivity contribution in [2.24, 2.45) is 0 Å². The topological polar surface area (TPSA) is 66.8 Å². The van der Waals surface area contributed by atoms with E-state index in [4.69, 9.17) is 4.74 Å². The van der Waals surface area contributed by atoms with E-state index in [-0.39, 0.29) is 12.5 Å². The van der Waals surface area contributed by atoms with Crippen molar-refractivity contribution in [1.29, 1.82) is 0 Å². The Morgan fingerprint density at radius 1 is 1.38 bits per heavy atom. The molecule has 2 heterocycles. The molecule has 5 nitrogen and oxygen atoms in total. The Bertz CT molecular complexity index is 709. The second kappa shape index (κ2) is 5.46. The van der Waals surface area contributed by atoms with Gasteiger partial charge in [0.25, 0.3) is 5.91 Å². The summed E-state index contributed by atoms with van der Waals surface area (Å²) in [5.74, 6) is -1.24. The first kappa shape index (κ1) is 14.0. The van der Waals surface area contributed by atoms with Crippen LogP contribution in [-0.4, -0.2) is 47.7 Å². The van der Waals surface area contributed by atoms with Crippen LogP contribution in [0.5, 0.6) is 0 Å². The maximum atomic E-state index is 12.7. The molecule has 21 heavy (non-hydrogen) atoms. The maximum Gasteiger partial charge on any atom is 0.328 e. The number of fused-ring (bicyclic) bond motifs is 1.